The summed E-state index contributed by atoms with van der Waals surface area (Å²) in [6.45, 7) is 3.12. The number of guanidine groups is 1. The molecule has 2 aromatic rings. The number of hydrogen-bond donors (Lipinski definition) is 2. The minimum absolute atomic E-state index is 0.177. The summed E-state index contributed by atoms with van der Waals surface area (Å²) in [6.07, 6.45) is 5.88. The van der Waals surface area contributed by atoms with Crippen molar-refractivity contribution in [3.8, 4) is 0 Å². The maximum absolute atomic E-state index is 13.5. The molecule has 2 rings (SSSR count). The number of benzene rings is 1. The van der Waals surface area contributed by atoms with Gasteiger partial charge in [-0.2, -0.15) is 5.10 Å². The van der Waals surface area contributed by atoms with E-state index in [4.69, 9.17) is 0 Å². The second-order valence-corrected chi connectivity index (χ2v) is 5.56. The third-order valence-corrected chi connectivity index (χ3v) is 3.61. The molecule has 1 aromatic heterocycles. The minimum Gasteiger partial charge on any atom is -0.356 e. The average molecular weight is 317 g/mol. The Labute approximate surface area is 136 Å². The van der Waals surface area contributed by atoms with Gasteiger partial charge in [0.1, 0.15) is 5.82 Å². The van der Waals surface area contributed by atoms with Crippen molar-refractivity contribution in [1.82, 2.24) is 20.4 Å². The van der Waals surface area contributed by atoms with E-state index in [-0.39, 0.29) is 5.82 Å². The van der Waals surface area contributed by atoms with E-state index in [0.717, 1.165) is 30.9 Å². The predicted octanol–water partition coefficient (Wildman–Crippen LogP) is 2.17. The molecule has 1 heterocycles. The highest BCUT2D eigenvalue weighted by molar-refractivity contribution is 5.79. The van der Waals surface area contributed by atoms with Crippen LogP contribution in [0.15, 0.2) is 35.6 Å². The topological polar surface area (TPSA) is 54.2 Å². The zero-order valence-electron chi connectivity index (χ0n) is 13.9. The Morgan fingerprint density at radius 2 is 2.13 bits per heavy atom. The lowest BCUT2D eigenvalue weighted by Crippen LogP contribution is -2.37. The fraction of sp³-hybridized carbons (Fsp3) is 0.412. The molecule has 0 radical (unpaired) electrons. The second kappa shape index (κ2) is 8.31. The van der Waals surface area contributed by atoms with Crippen molar-refractivity contribution in [3.63, 3.8) is 0 Å². The van der Waals surface area contributed by atoms with Gasteiger partial charge in [0.15, 0.2) is 5.96 Å². The molecule has 1 aromatic carbocycles. The zero-order chi connectivity index (χ0) is 16.7. The standard InChI is InChI=1S/C17H24FN5/c1-13-6-7-14(9-16(13)18)10-21-17(19-2)20-8-4-5-15-11-22-23(3)12-15/h6-7,9,11-12H,4-5,8,10H2,1-3H3,(H2,19,20,21). The molecule has 0 atom stereocenters. The van der Waals surface area contributed by atoms with Crippen molar-refractivity contribution >= 4 is 5.96 Å². The molecule has 0 unspecified atom stereocenters. The first kappa shape index (κ1) is 17.0. The van der Waals surface area contributed by atoms with E-state index in [2.05, 4.69) is 20.7 Å². The largest absolute Gasteiger partial charge is 0.356 e. The average Bonchev–Trinajstić information content (AvgIpc) is 2.95. The number of halogens is 1. The lowest BCUT2D eigenvalue weighted by Gasteiger charge is -2.12. The van der Waals surface area contributed by atoms with Crippen molar-refractivity contribution in [2.75, 3.05) is 13.6 Å². The van der Waals surface area contributed by atoms with Gasteiger partial charge in [-0.05, 0) is 42.5 Å². The van der Waals surface area contributed by atoms with Crippen LogP contribution in [0.4, 0.5) is 4.39 Å². The van der Waals surface area contributed by atoms with Gasteiger partial charge in [-0.25, -0.2) is 4.39 Å². The van der Waals surface area contributed by atoms with Gasteiger partial charge in [0.25, 0.3) is 0 Å². The number of aromatic nitrogens is 2. The van der Waals surface area contributed by atoms with Gasteiger partial charge in [-0.3, -0.25) is 9.67 Å². The number of aryl methyl sites for hydroxylation is 3. The molecule has 0 saturated carbocycles. The summed E-state index contributed by atoms with van der Waals surface area (Å²) in [5.74, 6) is 0.542. The Morgan fingerprint density at radius 1 is 1.30 bits per heavy atom. The summed E-state index contributed by atoms with van der Waals surface area (Å²) < 4.78 is 15.3. The van der Waals surface area contributed by atoms with Crippen molar-refractivity contribution in [1.29, 1.82) is 0 Å². The van der Waals surface area contributed by atoms with Crippen LogP contribution in [-0.2, 0) is 20.0 Å². The summed E-state index contributed by atoms with van der Waals surface area (Å²) in [7, 11) is 3.65. The molecule has 6 heteroatoms. The van der Waals surface area contributed by atoms with Gasteiger partial charge in [0.05, 0.1) is 6.20 Å². The highest BCUT2D eigenvalue weighted by Crippen LogP contribution is 2.08. The van der Waals surface area contributed by atoms with E-state index in [1.165, 1.54) is 5.56 Å². The van der Waals surface area contributed by atoms with Crippen LogP contribution in [0.1, 0.15) is 23.1 Å². The summed E-state index contributed by atoms with van der Waals surface area (Å²) in [5.41, 5.74) is 2.78. The number of nitrogens with one attached hydrogen (secondary N) is 2. The summed E-state index contributed by atoms with van der Waals surface area (Å²) in [6, 6.07) is 5.26. The van der Waals surface area contributed by atoms with Crippen molar-refractivity contribution in [3.05, 3.63) is 53.1 Å². The van der Waals surface area contributed by atoms with Crippen LogP contribution in [0.5, 0.6) is 0 Å². The molecule has 0 aliphatic carbocycles. The molecule has 0 aliphatic heterocycles. The first-order valence-electron chi connectivity index (χ1n) is 7.75. The fourth-order valence-electron chi connectivity index (χ4n) is 2.25. The summed E-state index contributed by atoms with van der Waals surface area (Å²) in [5, 5.41) is 10.6. The van der Waals surface area contributed by atoms with E-state index >= 15 is 0 Å². The van der Waals surface area contributed by atoms with Gasteiger partial charge >= 0.3 is 0 Å². The highest BCUT2D eigenvalue weighted by atomic mass is 19.1. The molecule has 0 aliphatic rings. The maximum Gasteiger partial charge on any atom is 0.191 e. The van der Waals surface area contributed by atoms with E-state index < -0.39 is 0 Å². The Bertz CT molecular complexity index is 663. The van der Waals surface area contributed by atoms with Crippen molar-refractivity contribution in [2.45, 2.75) is 26.3 Å². The first-order valence-corrected chi connectivity index (χ1v) is 7.75. The molecule has 0 saturated heterocycles. The monoisotopic (exact) mass is 317 g/mol. The molecular formula is C17H24FN5. The van der Waals surface area contributed by atoms with E-state index in [9.17, 15) is 4.39 Å². The minimum atomic E-state index is -0.177. The number of nitrogens with zero attached hydrogens (tertiary/aromatic N) is 3. The zero-order valence-corrected chi connectivity index (χ0v) is 13.9. The molecule has 0 bridgehead atoms. The Balaban J connectivity index is 1.71. The van der Waals surface area contributed by atoms with Crippen LogP contribution < -0.4 is 10.6 Å². The smallest absolute Gasteiger partial charge is 0.191 e. The van der Waals surface area contributed by atoms with Crippen LogP contribution in [0.2, 0.25) is 0 Å². The molecule has 2 N–H and O–H groups in total. The quantitative estimate of drug-likeness (QED) is 0.488. The third-order valence-electron chi connectivity index (χ3n) is 3.61. The van der Waals surface area contributed by atoms with Gasteiger partial charge in [0.2, 0.25) is 0 Å². The Kier molecular flexibility index (Phi) is 6.14. The highest BCUT2D eigenvalue weighted by Gasteiger charge is 2.02. The molecule has 23 heavy (non-hydrogen) atoms. The Morgan fingerprint density at radius 3 is 2.78 bits per heavy atom. The van der Waals surface area contributed by atoms with E-state index in [1.54, 1.807) is 26.1 Å². The first-order chi connectivity index (χ1) is 11.1. The van der Waals surface area contributed by atoms with Gasteiger partial charge in [0, 0.05) is 33.4 Å². The van der Waals surface area contributed by atoms with E-state index in [1.807, 2.05) is 30.2 Å². The SMILES string of the molecule is CN=C(NCCCc1cnn(C)c1)NCc1ccc(C)c(F)c1. The number of aliphatic imine (C=N–C) groups is 1. The maximum atomic E-state index is 13.5. The second-order valence-electron chi connectivity index (χ2n) is 5.56. The van der Waals surface area contributed by atoms with Crippen LogP contribution in [0, 0.1) is 12.7 Å². The lowest BCUT2D eigenvalue weighted by molar-refractivity contribution is 0.615. The molecule has 124 valence electrons. The number of rotatable bonds is 6. The van der Waals surface area contributed by atoms with Crippen LogP contribution in [-0.4, -0.2) is 29.3 Å². The van der Waals surface area contributed by atoms with Crippen molar-refractivity contribution in [2.24, 2.45) is 12.0 Å². The molecule has 5 nitrogen and oxygen atoms in total. The number of hydrogen-bond acceptors (Lipinski definition) is 2. The van der Waals surface area contributed by atoms with Crippen molar-refractivity contribution < 1.29 is 4.39 Å². The predicted molar refractivity (Wildman–Crippen MR) is 90.9 cm³/mol. The molecule has 0 spiro atoms. The fourth-order valence-corrected chi connectivity index (χ4v) is 2.25. The van der Waals surface area contributed by atoms with E-state index in [0.29, 0.717) is 12.1 Å². The Hall–Kier alpha value is -2.37. The van der Waals surface area contributed by atoms with Crippen LogP contribution >= 0.6 is 0 Å². The normalized spacial score (nSPS) is 11.6. The van der Waals surface area contributed by atoms with Crippen LogP contribution in [0.3, 0.4) is 0 Å². The van der Waals surface area contributed by atoms with Gasteiger partial charge in [-0.15, -0.1) is 0 Å². The van der Waals surface area contributed by atoms with Gasteiger partial charge in [-0.1, -0.05) is 12.1 Å². The summed E-state index contributed by atoms with van der Waals surface area (Å²) >= 11 is 0. The third kappa shape index (κ3) is 5.39. The lowest BCUT2D eigenvalue weighted by atomic mass is 10.1. The molecular weight excluding hydrogens is 293 g/mol. The van der Waals surface area contributed by atoms with Crippen LogP contribution in [0.25, 0.3) is 0 Å². The van der Waals surface area contributed by atoms with Gasteiger partial charge < -0.3 is 10.6 Å². The summed E-state index contributed by atoms with van der Waals surface area (Å²) in [4.78, 5) is 4.18. The molecule has 0 fully saturated rings. The molecule has 0 amide bonds.